The van der Waals surface area contributed by atoms with Gasteiger partial charge in [0.2, 0.25) is 10.0 Å². The minimum atomic E-state index is -3.37. The molecule has 0 spiro atoms. The summed E-state index contributed by atoms with van der Waals surface area (Å²) in [6, 6.07) is 19.7. The normalized spacial score (nSPS) is 11.5. The molecule has 0 fully saturated rings. The van der Waals surface area contributed by atoms with Gasteiger partial charge in [0.05, 0.1) is 12.4 Å². The quantitative estimate of drug-likeness (QED) is 0.535. The van der Waals surface area contributed by atoms with Crippen molar-refractivity contribution in [2.75, 3.05) is 5.75 Å². The summed E-state index contributed by atoms with van der Waals surface area (Å²) in [7, 11) is -3.37. The Morgan fingerprint density at radius 3 is 2.04 bits per heavy atom. The van der Waals surface area contributed by atoms with Crippen LogP contribution in [0.5, 0.6) is 0 Å². The number of sulfonamides is 1. The van der Waals surface area contributed by atoms with Crippen molar-refractivity contribution in [3.05, 3.63) is 71.8 Å². The summed E-state index contributed by atoms with van der Waals surface area (Å²) < 4.78 is 23.6. The lowest BCUT2D eigenvalue weighted by Gasteiger charge is -2.07. The summed E-state index contributed by atoms with van der Waals surface area (Å²) in [5.41, 5.74) is 2.22. The molecule has 0 aromatic heterocycles. The van der Waals surface area contributed by atoms with Crippen molar-refractivity contribution in [3.8, 4) is 0 Å². The Hall–Kier alpha value is -1.69. The zero-order chi connectivity index (χ0) is 16.4. The molecule has 2 aromatic carbocycles. The highest BCUT2D eigenvalue weighted by Gasteiger charge is 2.09. The molecule has 2 rings (SSSR count). The fourth-order valence-electron chi connectivity index (χ4n) is 2.26. The highest BCUT2D eigenvalue weighted by molar-refractivity contribution is 7.89. The predicted molar refractivity (Wildman–Crippen MR) is 92.2 cm³/mol. The molecule has 5 heteroatoms. The van der Waals surface area contributed by atoms with Crippen molar-refractivity contribution in [3.63, 3.8) is 0 Å². The van der Waals surface area contributed by atoms with E-state index in [0.29, 0.717) is 6.42 Å². The largest absolute Gasteiger partial charge is 0.282 e. The second kappa shape index (κ2) is 9.45. The molecule has 0 radical (unpaired) electrons. The van der Waals surface area contributed by atoms with Crippen molar-refractivity contribution in [1.82, 2.24) is 4.89 Å². The van der Waals surface area contributed by atoms with Crippen LogP contribution in [0.4, 0.5) is 0 Å². The molecule has 4 nitrogen and oxygen atoms in total. The van der Waals surface area contributed by atoms with Crippen LogP contribution < -0.4 is 4.89 Å². The van der Waals surface area contributed by atoms with E-state index in [1.807, 2.05) is 48.5 Å². The SMILES string of the molecule is O=S(=O)(CCCCCc1ccccc1)NOCc1ccccc1. The Kier molecular flexibility index (Phi) is 7.26. The lowest BCUT2D eigenvalue weighted by molar-refractivity contribution is 0.0795. The summed E-state index contributed by atoms with van der Waals surface area (Å²) >= 11 is 0. The second-order valence-corrected chi connectivity index (χ2v) is 7.28. The molecule has 2 aromatic rings. The molecule has 0 atom stereocenters. The topological polar surface area (TPSA) is 55.4 Å². The van der Waals surface area contributed by atoms with Crippen LogP contribution >= 0.6 is 0 Å². The summed E-state index contributed by atoms with van der Waals surface area (Å²) in [4.78, 5) is 7.26. The van der Waals surface area contributed by atoms with Crippen molar-refractivity contribution in [2.45, 2.75) is 32.3 Å². The Balaban J connectivity index is 1.58. The molecule has 0 saturated heterocycles. The molecule has 0 aliphatic heterocycles. The highest BCUT2D eigenvalue weighted by atomic mass is 32.2. The average Bonchev–Trinajstić information content (AvgIpc) is 2.56. The van der Waals surface area contributed by atoms with E-state index in [1.165, 1.54) is 5.56 Å². The maximum atomic E-state index is 11.8. The molecule has 0 heterocycles. The Labute approximate surface area is 138 Å². The molecule has 0 amide bonds. The molecule has 0 saturated carbocycles. The minimum Gasteiger partial charge on any atom is -0.282 e. The fraction of sp³-hybridized carbons (Fsp3) is 0.333. The fourth-order valence-corrected chi connectivity index (χ4v) is 3.17. The van der Waals surface area contributed by atoms with Gasteiger partial charge in [0.25, 0.3) is 0 Å². The molecule has 0 aliphatic rings. The van der Waals surface area contributed by atoms with Crippen LogP contribution in [-0.4, -0.2) is 14.2 Å². The second-order valence-electron chi connectivity index (χ2n) is 5.47. The summed E-state index contributed by atoms with van der Waals surface area (Å²) in [6.07, 6.45) is 3.49. The number of hydrogen-bond acceptors (Lipinski definition) is 3. The summed E-state index contributed by atoms with van der Waals surface area (Å²) in [5, 5.41) is 0. The molecule has 124 valence electrons. The van der Waals surface area contributed by atoms with Crippen molar-refractivity contribution < 1.29 is 13.3 Å². The Bertz CT molecular complexity index is 657. The zero-order valence-corrected chi connectivity index (χ0v) is 14.0. The maximum Gasteiger partial charge on any atom is 0.233 e. The van der Waals surface area contributed by atoms with Crippen LogP contribution in [0.1, 0.15) is 30.4 Å². The van der Waals surface area contributed by atoms with Crippen LogP contribution in [0.2, 0.25) is 0 Å². The van der Waals surface area contributed by atoms with Gasteiger partial charge in [0, 0.05) is 0 Å². The molecule has 0 unspecified atom stereocenters. The lowest BCUT2D eigenvalue weighted by Crippen LogP contribution is -2.26. The molecule has 0 aliphatic carbocycles. The van der Waals surface area contributed by atoms with Gasteiger partial charge in [0.1, 0.15) is 0 Å². The molecular formula is C18H23NO3S. The van der Waals surface area contributed by atoms with Crippen molar-refractivity contribution in [1.29, 1.82) is 0 Å². The summed E-state index contributed by atoms with van der Waals surface area (Å²) in [6.45, 7) is 0.230. The first-order chi connectivity index (χ1) is 11.2. The third-order valence-electron chi connectivity index (χ3n) is 3.49. The van der Waals surface area contributed by atoms with Crippen molar-refractivity contribution in [2.24, 2.45) is 0 Å². The van der Waals surface area contributed by atoms with E-state index in [2.05, 4.69) is 17.0 Å². The van der Waals surface area contributed by atoms with Crippen LogP contribution in [0, 0.1) is 0 Å². The first kappa shape index (κ1) is 17.7. The smallest absolute Gasteiger partial charge is 0.233 e. The zero-order valence-electron chi connectivity index (χ0n) is 13.1. The molecule has 1 N–H and O–H groups in total. The van der Waals surface area contributed by atoms with Gasteiger partial charge in [0.15, 0.2) is 0 Å². The highest BCUT2D eigenvalue weighted by Crippen LogP contribution is 2.07. The first-order valence-corrected chi connectivity index (χ1v) is 9.50. The van der Waals surface area contributed by atoms with Crippen LogP contribution in [0.25, 0.3) is 0 Å². The third kappa shape index (κ3) is 7.41. The monoisotopic (exact) mass is 333 g/mol. The molecular weight excluding hydrogens is 310 g/mol. The van der Waals surface area contributed by atoms with E-state index in [0.717, 1.165) is 24.8 Å². The minimum absolute atomic E-state index is 0.0938. The van der Waals surface area contributed by atoms with Gasteiger partial charge in [-0.1, -0.05) is 72.0 Å². The summed E-state index contributed by atoms with van der Waals surface area (Å²) in [5.74, 6) is 0.0938. The van der Waals surface area contributed by atoms with E-state index in [9.17, 15) is 8.42 Å². The van der Waals surface area contributed by atoms with E-state index < -0.39 is 10.0 Å². The van der Waals surface area contributed by atoms with Gasteiger partial charge in [-0.15, -0.1) is 0 Å². The number of unbranched alkanes of at least 4 members (excludes halogenated alkanes) is 2. The van der Waals surface area contributed by atoms with Gasteiger partial charge in [-0.25, -0.2) is 8.42 Å². The number of hydrogen-bond donors (Lipinski definition) is 1. The van der Waals surface area contributed by atoms with Crippen LogP contribution in [0.3, 0.4) is 0 Å². The number of nitrogens with one attached hydrogen (secondary N) is 1. The van der Waals surface area contributed by atoms with Gasteiger partial charge >= 0.3 is 0 Å². The Morgan fingerprint density at radius 2 is 1.39 bits per heavy atom. The van der Waals surface area contributed by atoms with E-state index in [1.54, 1.807) is 0 Å². The van der Waals surface area contributed by atoms with Crippen molar-refractivity contribution >= 4 is 10.0 Å². The van der Waals surface area contributed by atoms with E-state index >= 15 is 0 Å². The van der Waals surface area contributed by atoms with Crippen LogP contribution in [-0.2, 0) is 27.9 Å². The van der Waals surface area contributed by atoms with Gasteiger partial charge in [-0.2, -0.15) is 0 Å². The number of benzene rings is 2. The van der Waals surface area contributed by atoms with Crippen LogP contribution in [0.15, 0.2) is 60.7 Å². The first-order valence-electron chi connectivity index (χ1n) is 7.85. The third-order valence-corrected chi connectivity index (χ3v) is 4.69. The van der Waals surface area contributed by atoms with E-state index in [-0.39, 0.29) is 12.4 Å². The molecule has 23 heavy (non-hydrogen) atoms. The standard InChI is InChI=1S/C18H23NO3S/c20-23(21,19-22-16-18-13-6-2-7-14-18)15-9-3-8-12-17-10-4-1-5-11-17/h1-2,4-7,10-11,13-14,19H,3,8-9,12,15-16H2. The van der Waals surface area contributed by atoms with E-state index in [4.69, 9.17) is 4.84 Å². The lowest BCUT2D eigenvalue weighted by atomic mass is 10.1. The average molecular weight is 333 g/mol. The Morgan fingerprint density at radius 1 is 0.783 bits per heavy atom. The molecule has 0 bridgehead atoms. The maximum absolute atomic E-state index is 11.8. The number of rotatable bonds is 10. The van der Waals surface area contributed by atoms with Gasteiger partial charge in [-0.3, -0.25) is 4.84 Å². The van der Waals surface area contributed by atoms with Gasteiger partial charge in [-0.05, 0) is 30.4 Å². The predicted octanol–water partition coefficient (Wildman–Crippen LogP) is 3.45. The number of aryl methyl sites for hydroxylation is 1. The van der Waals surface area contributed by atoms with Gasteiger partial charge < -0.3 is 0 Å².